The predicted molar refractivity (Wildman–Crippen MR) is 92.5 cm³/mol. The predicted octanol–water partition coefficient (Wildman–Crippen LogP) is 4.64. The number of rotatable bonds is 6. The average Bonchev–Trinajstić information content (AvgIpc) is 2.60. The van der Waals surface area contributed by atoms with Crippen molar-refractivity contribution in [2.45, 2.75) is 0 Å². The fourth-order valence-electron chi connectivity index (χ4n) is 1.67. The molecule has 0 radical (unpaired) electrons. The molecule has 1 aromatic heterocycles. The summed E-state index contributed by atoms with van der Waals surface area (Å²) in [4.78, 5) is 14.6. The van der Waals surface area contributed by atoms with Crippen LogP contribution in [0.4, 0.5) is 4.39 Å². The molecule has 0 saturated heterocycles. The van der Waals surface area contributed by atoms with Crippen LogP contribution in [-0.4, -0.2) is 31.8 Å². The molecule has 0 saturated carbocycles. The van der Waals surface area contributed by atoms with Gasteiger partial charge in [0.2, 0.25) is 11.8 Å². The van der Waals surface area contributed by atoms with E-state index in [1.165, 1.54) is 14.2 Å². The summed E-state index contributed by atoms with van der Waals surface area (Å²) in [6.45, 7) is -0.502. The van der Waals surface area contributed by atoms with E-state index in [1.54, 1.807) is 18.2 Å². The van der Waals surface area contributed by atoms with Gasteiger partial charge in [0.15, 0.2) is 12.4 Å². The molecule has 0 aliphatic heterocycles. The first-order valence-electron chi connectivity index (χ1n) is 6.62. The van der Waals surface area contributed by atoms with Gasteiger partial charge < -0.3 is 18.9 Å². The van der Waals surface area contributed by atoms with E-state index in [2.05, 4.69) is 25.7 Å². The van der Waals surface area contributed by atoms with Gasteiger partial charge >= 0.3 is 5.97 Å². The topological polar surface area (TPSA) is 66.9 Å². The number of benzene rings is 1. The minimum atomic E-state index is -1.06. The molecule has 134 valence electrons. The fraction of sp³-hybridized carbons (Fsp3) is 0.200. The summed E-state index contributed by atoms with van der Waals surface area (Å²) in [7, 11) is 2.69. The monoisotopic (exact) mass is 453 g/mol. The lowest BCUT2D eigenvalue weighted by Crippen LogP contribution is -2.14. The Hall–Kier alpha value is -1.77. The van der Waals surface area contributed by atoms with Crippen LogP contribution in [0, 0.1) is 5.95 Å². The molecule has 25 heavy (non-hydrogen) atoms. The average molecular weight is 455 g/mol. The van der Waals surface area contributed by atoms with Crippen molar-refractivity contribution in [1.29, 1.82) is 0 Å². The van der Waals surface area contributed by atoms with E-state index in [-0.39, 0.29) is 16.7 Å². The molecule has 0 N–H and O–H groups in total. The maximum absolute atomic E-state index is 13.9. The second-order valence-corrected chi connectivity index (χ2v) is 6.04. The van der Waals surface area contributed by atoms with Crippen LogP contribution in [0.5, 0.6) is 23.1 Å². The Bertz CT molecular complexity index is 806. The zero-order chi connectivity index (χ0) is 18.6. The smallest absolute Gasteiger partial charge is 0.343 e. The van der Waals surface area contributed by atoms with E-state index in [9.17, 15) is 9.18 Å². The maximum atomic E-state index is 13.9. The molecule has 0 bridgehead atoms. The first-order valence-corrected chi connectivity index (χ1v) is 8.17. The van der Waals surface area contributed by atoms with Crippen molar-refractivity contribution >= 4 is 45.1 Å². The molecule has 10 heteroatoms. The summed E-state index contributed by atoms with van der Waals surface area (Å²) in [5.74, 6) is -1.42. The molecule has 2 aromatic rings. The van der Waals surface area contributed by atoms with Gasteiger partial charge in [-0.1, -0.05) is 23.2 Å². The van der Waals surface area contributed by atoms with Gasteiger partial charge in [0.05, 0.1) is 18.7 Å². The molecule has 0 aliphatic carbocycles. The van der Waals surface area contributed by atoms with Crippen molar-refractivity contribution in [3.8, 4) is 23.1 Å². The van der Waals surface area contributed by atoms with Crippen molar-refractivity contribution in [2.75, 3.05) is 20.8 Å². The van der Waals surface area contributed by atoms with Crippen LogP contribution in [0.15, 0.2) is 22.7 Å². The van der Waals surface area contributed by atoms with Gasteiger partial charge in [-0.15, -0.1) is 0 Å². The van der Waals surface area contributed by atoms with Crippen LogP contribution in [0.25, 0.3) is 0 Å². The van der Waals surface area contributed by atoms with Gasteiger partial charge in [-0.05, 0) is 34.1 Å². The lowest BCUT2D eigenvalue weighted by atomic mass is 10.3. The summed E-state index contributed by atoms with van der Waals surface area (Å²) in [6.07, 6.45) is 0. The summed E-state index contributed by atoms with van der Waals surface area (Å²) in [6, 6.07) is 4.79. The third-order valence-corrected chi connectivity index (χ3v) is 4.15. The second-order valence-electron chi connectivity index (χ2n) is 4.43. The first-order chi connectivity index (χ1) is 11.9. The number of hydrogen-bond acceptors (Lipinski definition) is 6. The quantitative estimate of drug-likeness (QED) is 0.467. The Morgan fingerprint density at radius 1 is 1.28 bits per heavy atom. The number of hydrogen-bond donors (Lipinski definition) is 0. The van der Waals surface area contributed by atoms with Crippen molar-refractivity contribution < 1.29 is 28.1 Å². The minimum absolute atomic E-state index is 0.192. The molecule has 1 aromatic carbocycles. The van der Waals surface area contributed by atoms with Crippen molar-refractivity contribution in [1.82, 2.24) is 4.98 Å². The fourth-order valence-corrected chi connectivity index (χ4v) is 2.65. The van der Waals surface area contributed by atoms with E-state index in [0.717, 1.165) is 0 Å². The van der Waals surface area contributed by atoms with Gasteiger partial charge in [0.25, 0.3) is 0 Å². The Kier molecular flexibility index (Phi) is 6.69. The van der Waals surface area contributed by atoms with Gasteiger partial charge in [-0.25, -0.2) is 4.79 Å². The second kappa shape index (κ2) is 8.55. The highest BCUT2D eigenvalue weighted by molar-refractivity contribution is 9.10. The zero-order valence-electron chi connectivity index (χ0n) is 12.9. The third kappa shape index (κ3) is 4.65. The highest BCUT2D eigenvalue weighted by atomic mass is 79.9. The van der Waals surface area contributed by atoms with Crippen molar-refractivity contribution in [2.24, 2.45) is 0 Å². The van der Waals surface area contributed by atoms with Crippen LogP contribution in [0.1, 0.15) is 0 Å². The highest BCUT2D eigenvalue weighted by Gasteiger charge is 2.22. The Morgan fingerprint density at radius 2 is 2.00 bits per heavy atom. The lowest BCUT2D eigenvalue weighted by Gasteiger charge is -2.14. The molecule has 1 heterocycles. The number of aromatic nitrogens is 1. The van der Waals surface area contributed by atoms with Crippen molar-refractivity contribution in [3.05, 3.63) is 38.7 Å². The molecule has 0 spiro atoms. The van der Waals surface area contributed by atoms with E-state index in [1.807, 2.05) is 0 Å². The van der Waals surface area contributed by atoms with E-state index in [0.29, 0.717) is 16.0 Å². The van der Waals surface area contributed by atoms with Gasteiger partial charge in [-0.3, -0.25) is 0 Å². The molecule has 0 unspecified atom stereocenters. The summed E-state index contributed by atoms with van der Waals surface area (Å²) >= 11 is 15.3. The number of carbonyl (C=O) groups is 1. The number of carbonyl (C=O) groups excluding carboxylic acids is 1. The SMILES string of the molecule is COC(=O)COc1nc(F)c(Cl)c(Oc2ccc(OC)c(Br)c2)c1Cl. The standard InChI is InChI=1S/C15H11BrCl2FNO5/c1-22-9-4-3-7(5-8(9)16)25-13-11(17)14(19)20-15(12(13)18)24-6-10(21)23-2/h3-5H,6H2,1-2H3. The number of esters is 1. The minimum Gasteiger partial charge on any atom is -0.496 e. The number of halogens is 4. The summed E-state index contributed by atoms with van der Waals surface area (Å²) in [5, 5.41) is -0.621. The van der Waals surface area contributed by atoms with Crippen molar-refractivity contribution in [3.63, 3.8) is 0 Å². The maximum Gasteiger partial charge on any atom is 0.343 e. The highest BCUT2D eigenvalue weighted by Crippen LogP contribution is 2.43. The van der Waals surface area contributed by atoms with Crippen LogP contribution < -0.4 is 14.2 Å². The van der Waals surface area contributed by atoms with E-state index >= 15 is 0 Å². The molecule has 0 fully saturated rings. The van der Waals surface area contributed by atoms with E-state index in [4.69, 9.17) is 37.4 Å². The number of ether oxygens (including phenoxy) is 4. The third-order valence-electron chi connectivity index (χ3n) is 2.86. The first kappa shape index (κ1) is 19.6. The van der Waals surface area contributed by atoms with Gasteiger partial charge in [-0.2, -0.15) is 9.37 Å². The zero-order valence-corrected chi connectivity index (χ0v) is 16.0. The molecule has 0 amide bonds. The molecular weight excluding hydrogens is 444 g/mol. The number of pyridine rings is 1. The normalized spacial score (nSPS) is 10.3. The van der Waals surface area contributed by atoms with Gasteiger partial charge in [0.1, 0.15) is 21.5 Å². The Balaban J connectivity index is 2.34. The Morgan fingerprint density at radius 3 is 2.60 bits per heavy atom. The summed E-state index contributed by atoms with van der Waals surface area (Å²) in [5.41, 5.74) is 0. The number of nitrogens with zero attached hydrogens (tertiary/aromatic N) is 1. The molecule has 0 aliphatic rings. The molecule has 2 rings (SSSR count). The molecule has 6 nitrogen and oxygen atoms in total. The van der Waals surface area contributed by atoms with E-state index < -0.39 is 23.5 Å². The van der Waals surface area contributed by atoms with Crippen LogP contribution in [0.3, 0.4) is 0 Å². The van der Waals surface area contributed by atoms with Gasteiger partial charge in [0, 0.05) is 0 Å². The van der Waals surface area contributed by atoms with Crippen LogP contribution in [-0.2, 0) is 9.53 Å². The number of methoxy groups -OCH3 is 2. The van der Waals surface area contributed by atoms with Crippen LogP contribution in [0.2, 0.25) is 10.0 Å². The molecular formula is C15H11BrCl2FNO5. The van der Waals surface area contributed by atoms with Crippen LogP contribution >= 0.6 is 39.1 Å². The molecule has 0 atom stereocenters. The lowest BCUT2D eigenvalue weighted by molar-refractivity contribution is -0.143. The largest absolute Gasteiger partial charge is 0.496 e. The summed E-state index contributed by atoms with van der Waals surface area (Å²) < 4.78 is 34.7. The Labute approximate surface area is 160 Å².